The van der Waals surface area contributed by atoms with E-state index in [1.54, 1.807) is 18.2 Å². The summed E-state index contributed by atoms with van der Waals surface area (Å²) in [6.45, 7) is 1.51. The van der Waals surface area contributed by atoms with Gasteiger partial charge < -0.3 is 16.0 Å². The van der Waals surface area contributed by atoms with Gasteiger partial charge >= 0.3 is 0 Å². The van der Waals surface area contributed by atoms with Crippen molar-refractivity contribution >= 4 is 27.5 Å². The average molecular weight is 477 g/mol. The second kappa shape index (κ2) is 10.3. The lowest BCUT2D eigenvalue weighted by molar-refractivity contribution is -0.121. The van der Waals surface area contributed by atoms with Crippen LogP contribution in [-0.4, -0.2) is 58.3 Å². The summed E-state index contributed by atoms with van der Waals surface area (Å²) in [4.78, 5) is 27.2. The van der Waals surface area contributed by atoms with Crippen LogP contribution in [0.1, 0.15) is 28.8 Å². The summed E-state index contributed by atoms with van der Waals surface area (Å²) >= 11 is 0. The second-order valence-electron chi connectivity index (χ2n) is 8.30. The predicted octanol–water partition coefficient (Wildman–Crippen LogP) is 1.75. The highest BCUT2D eigenvalue weighted by Crippen LogP contribution is 2.28. The molecule has 33 heavy (non-hydrogen) atoms. The van der Waals surface area contributed by atoms with Crippen molar-refractivity contribution in [1.82, 2.24) is 9.62 Å². The Morgan fingerprint density at radius 3 is 2.33 bits per heavy atom. The Morgan fingerprint density at radius 2 is 1.76 bits per heavy atom. The van der Waals surface area contributed by atoms with Crippen LogP contribution in [0, 0.1) is 11.7 Å². The quantitative estimate of drug-likeness (QED) is 0.573. The van der Waals surface area contributed by atoms with Crippen LogP contribution in [-0.2, 0) is 21.2 Å². The third kappa shape index (κ3) is 5.88. The Kier molecular flexibility index (Phi) is 7.70. The monoisotopic (exact) mass is 476 g/mol. The lowest BCUT2D eigenvalue weighted by atomic mass is 9.98. The SMILES string of the molecule is CN(C)S(=O)(=O)c1ccc(N2CCCC2)c(C(=O)NCC(Cc2ccc(F)cc2)C(N)=O)c1. The third-order valence-electron chi connectivity index (χ3n) is 5.74. The molecular formula is C23H29FN4O4S. The van der Waals surface area contributed by atoms with Crippen molar-refractivity contribution in [2.24, 2.45) is 11.7 Å². The smallest absolute Gasteiger partial charge is 0.253 e. The molecule has 10 heteroatoms. The number of nitrogens with one attached hydrogen (secondary N) is 1. The Balaban J connectivity index is 1.84. The van der Waals surface area contributed by atoms with E-state index in [9.17, 15) is 22.4 Å². The molecule has 2 aromatic carbocycles. The number of carbonyl (C=O) groups excluding carboxylic acids is 2. The number of hydrogen-bond acceptors (Lipinski definition) is 5. The van der Waals surface area contributed by atoms with Crippen molar-refractivity contribution in [2.75, 3.05) is 38.6 Å². The Bertz CT molecular complexity index is 1110. The van der Waals surface area contributed by atoms with Crippen LogP contribution in [0.25, 0.3) is 0 Å². The number of rotatable bonds is 9. The topological polar surface area (TPSA) is 113 Å². The van der Waals surface area contributed by atoms with Gasteiger partial charge in [-0.15, -0.1) is 0 Å². The first-order valence-corrected chi connectivity index (χ1v) is 12.2. The summed E-state index contributed by atoms with van der Waals surface area (Å²) in [5.74, 6) is -2.17. The highest BCUT2D eigenvalue weighted by Gasteiger charge is 2.25. The van der Waals surface area contributed by atoms with E-state index in [-0.39, 0.29) is 29.2 Å². The molecule has 1 aliphatic rings. The van der Waals surface area contributed by atoms with Crippen molar-refractivity contribution in [1.29, 1.82) is 0 Å². The van der Waals surface area contributed by atoms with Gasteiger partial charge in [0.1, 0.15) is 5.82 Å². The van der Waals surface area contributed by atoms with E-state index < -0.39 is 27.8 Å². The van der Waals surface area contributed by atoms with E-state index >= 15 is 0 Å². The van der Waals surface area contributed by atoms with Gasteiger partial charge in [-0.05, 0) is 55.2 Å². The van der Waals surface area contributed by atoms with E-state index in [1.807, 2.05) is 4.90 Å². The lowest BCUT2D eigenvalue weighted by Gasteiger charge is -2.23. The zero-order valence-corrected chi connectivity index (χ0v) is 19.6. The minimum absolute atomic E-state index is 0.0124. The Labute approximate surface area is 193 Å². The number of nitrogens with two attached hydrogens (primary N) is 1. The summed E-state index contributed by atoms with van der Waals surface area (Å²) in [6.07, 6.45) is 2.21. The molecule has 1 unspecified atom stereocenters. The molecule has 178 valence electrons. The third-order valence-corrected chi connectivity index (χ3v) is 7.56. The summed E-state index contributed by atoms with van der Waals surface area (Å²) in [5, 5.41) is 2.73. The van der Waals surface area contributed by atoms with Crippen molar-refractivity contribution in [3.63, 3.8) is 0 Å². The number of sulfonamides is 1. The van der Waals surface area contributed by atoms with Gasteiger partial charge in [0.2, 0.25) is 15.9 Å². The molecule has 3 rings (SSSR count). The minimum atomic E-state index is -3.73. The molecule has 2 amide bonds. The number of amides is 2. The number of anilines is 1. The van der Waals surface area contributed by atoms with E-state index in [1.165, 1.54) is 38.4 Å². The van der Waals surface area contributed by atoms with Gasteiger partial charge in [-0.1, -0.05) is 12.1 Å². The standard InChI is InChI=1S/C23H29FN4O4S/c1-27(2)33(31,32)19-9-10-21(28-11-3-4-12-28)20(14-19)23(30)26-15-17(22(25)29)13-16-5-7-18(24)8-6-16/h5-10,14,17H,3-4,11-13,15H2,1-2H3,(H2,25,29)(H,26,30). The fourth-order valence-corrected chi connectivity index (χ4v) is 4.72. The molecule has 0 saturated carbocycles. The van der Waals surface area contributed by atoms with Gasteiger partial charge in [0.05, 0.1) is 16.4 Å². The van der Waals surface area contributed by atoms with Crippen LogP contribution in [0.5, 0.6) is 0 Å². The van der Waals surface area contributed by atoms with Crippen molar-refractivity contribution in [3.05, 3.63) is 59.4 Å². The first-order valence-electron chi connectivity index (χ1n) is 10.7. The molecule has 3 N–H and O–H groups in total. The molecule has 1 saturated heterocycles. The molecule has 1 heterocycles. The normalized spacial score (nSPS) is 15.0. The van der Waals surface area contributed by atoms with Crippen molar-refractivity contribution in [2.45, 2.75) is 24.2 Å². The van der Waals surface area contributed by atoms with E-state index in [0.717, 1.165) is 30.2 Å². The van der Waals surface area contributed by atoms with Crippen LogP contribution in [0.15, 0.2) is 47.4 Å². The molecule has 1 fully saturated rings. The van der Waals surface area contributed by atoms with Gasteiger partial charge in [0.25, 0.3) is 5.91 Å². The van der Waals surface area contributed by atoms with Crippen molar-refractivity contribution in [3.8, 4) is 0 Å². The Morgan fingerprint density at radius 1 is 1.12 bits per heavy atom. The highest BCUT2D eigenvalue weighted by molar-refractivity contribution is 7.89. The molecule has 0 spiro atoms. The fourth-order valence-electron chi connectivity index (χ4n) is 3.79. The van der Waals surface area contributed by atoms with Gasteiger partial charge in [-0.3, -0.25) is 9.59 Å². The fraction of sp³-hybridized carbons (Fsp3) is 0.391. The summed E-state index contributed by atoms with van der Waals surface area (Å²) < 4.78 is 39.5. The van der Waals surface area contributed by atoms with Gasteiger partial charge in [-0.25, -0.2) is 17.1 Å². The first kappa shape index (κ1) is 24.7. The molecule has 2 aromatic rings. The first-order chi connectivity index (χ1) is 15.6. The predicted molar refractivity (Wildman–Crippen MR) is 124 cm³/mol. The molecule has 8 nitrogen and oxygen atoms in total. The second-order valence-corrected chi connectivity index (χ2v) is 10.5. The van der Waals surface area contributed by atoms with Crippen LogP contribution in [0.3, 0.4) is 0 Å². The maximum absolute atomic E-state index is 13.2. The molecule has 0 bridgehead atoms. The number of carbonyl (C=O) groups is 2. The average Bonchev–Trinajstić information content (AvgIpc) is 3.31. The van der Waals surface area contributed by atoms with Gasteiger partial charge in [-0.2, -0.15) is 0 Å². The lowest BCUT2D eigenvalue weighted by Crippen LogP contribution is -2.38. The maximum atomic E-state index is 13.2. The zero-order valence-electron chi connectivity index (χ0n) is 18.8. The van der Waals surface area contributed by atoms with E-state index in [0.29, 0.717) is 11.3 Å². The number of benzene rings is 2. The van der Waals surface area contributed by atoms with Gasteiger partial charge in [0.15, 0.2) is 0 Å². The molecule has 0 aliphatic carbocycles. The Hall–Kier alpha value is -2.98. The molecule has 1 atom stereocenters. The summed E-state index contributed by atoms with van der Waals surface area (Å²) in [7, 11) is -0.878. The van der Waals surface area contributed by atoms with E-state index in [2.05, 4.69) is 5.32 Å². The number of primary amides is 1. The number of halogens is 1. The molecule has 0 radical (unpaired) electrons. The van der Waals surface area contributed by atoms with Crippen LogP contribution >= 0.6 is 0 Å². The van der Waals surface area contributed by atoms with Gasteiger partial charge in [0, 0.05) is 39.4 Å². The summed E-state index contributed by atoms with van der Waals surface area (Å²) in [5.41, 5.74) is 7.12. The zero-order chi connectivity index (χ0) is 24.2. The summed E-state index contributed by atoms with van der Waals surface area (Å²) in [6, 6.07) is 10.2. The van der Waals surface area contributed by atoms with E-state index in [4.69, 9.17) is 5.73 Å². The van der Waals surface area contributed by atoms with Crippen molar-refractivity contribution < 1.29 is 22.4 Å². The van der Waals surface area contributed by atoms with Crippen LogP contribution < -0.4 is 16.0 Å². The molecular weight excluding hydrogens is 447 g/mol. The minimum Gasteiger partial charge on any atom is -0.371 e. The highest BCUT2D eigenvalue weighted by atomic mass is 32.2. The number of hydrogen-bond donors (Lipinski definition) is 2. The van der Waals surface area contributed by atoms with Crippen LogP contribution in [0.4, 0.5) is 10.1 Å². The van der Waals surface area contributed by atoms with Crippen LogP contribution in [0.2, 0.25) is 0 Å². The maximum Gasteiger partial charge on any atom is 0.253 e. The largest absolute Gasteiger partial charge is 0.371 e. The molecule has 1 aliphatic heterocycles. The molecule has 0 aromatic heterocycles. The number of nitrogens with zero attached hydrogens (tertiary/aromatic N) is 2.